The van der Waals surface area contributed by atoms with Crippen LogP contribution in [0.25, 0.3) is 22.6 Å². The highest BCUT2D eigenvalue weighted by molar-refractivity contribution is 5.90. The molecule has 1 aliphatic heterocycles. The van der Waals surface area contributed by atoms with Gasteiger partial charge < -0.3 is 9.84 Å². The lowest BCUT2D eigenvalue weighted by molar-refractivity contribution is 0.0200. The Kier molecular flexibility index (Phi) is 4.85. The van der Waals surface area contributed by atoms with E-state index in [0.29, 0.717) is 34.9 Å². The first kappa shape index (κ1) is 19.6. The molecule has 2 fully saturated rings. The number of aromatic nitrogens is 5. The molecule has 10 heteroatoms. The lowest BCUT2D eigenvalue weighted by atomic mass is 10.1. The molecular formula is C21H21FN6O3. The fourth-order valence-corrected chi connectivity index (χ4v) is 3.69. The summed E-state index contributed by atoms with van der Waals surface area (Å²) in [6.45, 7) is 2.72. The molecule has 1 saturated heterocycles. The van der Waals surface area contributed by atoms with Gasteiger partial charge in [0, 0.05) is 17.3 Å². The van der Waals surface area contributed by atoms with Gasteiger partial charge in [-0.15, -0.1) is 10.2 Å². The number of aliphatic hydroxyl groups excluding tert-OH is 1. The third kappa shape index (κ3) is 3.74. The van der Waals surface area contributed by atoms with E-state index in [1.165, 1.54) is 15.8 Å². The Morgan fingerprint density at radius 3 is 2.77 bits per heavy atom. The molecule has 31 heavy (non-hydrogen) atoms. The second-order valence-corrected chi connectivity index (χ2v) is 7.76. The zero-order valence-corrected chi connectivity index (χ0v) is 16.8. The molecule has 3 heterocycles. The number of tetrazole rings is 1. The topological polar surface area (TPSA) is 106 Å². The van der Waals surface area contributed by atoms with Crippen molar-refractivity contribution in [2.24, 2.45) is 5.92 Å². The number of rotatable bonds is 6. The number of halogens is 1. The minimum Gasteiger partial charge on any atom is -0.441 e. The van der Waals surface area contributed by atoms with Crippen molar-refractivity contribution in [2.45, 2.75) is 38.5 Å². The third-order valence-corrected chi connectivity index (χ3v) is 5.62. The minimum atomic E-state index is -0.670. The standard InChI is InChI=1S/C21H21FN6O3/c1-2-28-25-20(24-26-28)17-8-5-13(10-23-17)15-7-6-14(9-16(15)22)27-11-18(31-21(27)30)19(29)12-3-4-12/h5-10,12,18-19,29H,2-4,11H2,1H3. The maximum absolute atomic E-state index is 14.9. The van der Waals surface area contributed by atoms with Crippen LogP contribution in [0.2, 0.25) is 0 Å². The summed E-state index contributed by atoms with van der Waals surface area (Å²) in [5, 5.41) is 22.3. The minimum absolute atomic E-state index is 0.189. The summed E-state index contributed by atoms with van der Waals surface area (Å²) in [4.78, 5) is 19.4. The van der Waals surface area contributed by atoms with Crippen LogP contribution in [-0.2, 0) is 11.3 Å². The highest BCUT2D eigenvalue weighted by atomic mass is 19.1. The molecule has 9 nitrogen and oxygen atoms in total. The number of aliphatic hydroxyl groups is 1. The summed E-state index contributed by atoms with van der Waals surface area (Å²) in [7, 11) is 0. The van der Waals surface area contributed by atoms with Crippen LogP contribution in [0.15, 0.2) is 36.5 Å². The van der Waals surface area contributed by atoms with Crippen molar-refractivity contribution >= 4 is 11.8 Å². The first-order chi connectivity index (χ1) is 15.0. The number of nitrogens with zero attached hydrogens (tertiary/aromatic N) is 6. The van der Waals surface area contributed by atoms with E-state index in [4.69, 9.17) is 4.74 Å². The fraction of sp³-hybridized carbons (Fsp3) is 0.381. The van der Waals surface area contributed by atoms with Crippen LogP contribution in [-0.4, -0.2) is 55.1 Å². The average Bonchev–Trinajstić information content (AvgIpc) is 3.39. The molecule has 2 atom stereocenters. The van der Waals surface area contributed by atoms with Gasteiger partial charge in [-0.1, -0.05) is 6.07 Å². The number of aryl methyl sites for hydroxylation is 1. The zero-order chi connectivity index (χ0) is 21.5. The van der Waals surface area contributed by atoms with Crippen molar-refractivity contribution in [1.82, 2.24) is 25.2 Å². The van der Waals surface area contributed by atoms with Gasteiger partial charge >= 0.3 is 6.09 Å². The van der Waals surface area contributed by atoms with Gasteiger partial charge in [0.25, 0.3) is 0 Å². The number of pyridine rings is 1. The molecule has 160 valence electrons. The predicted molar refractivity (Wildman–Crippen MR) is 108 cm³/mol. The molecule has 1 amide bonds. The maximum Gasteiger partial charge on any atom is 0.414 e. The van der Waals surface area contributed by atoms with Crippen LogP contribution in [0.3, 0.4) is 0 Å². The number of cyclic esters (lactones) is 1. The summed E-state index contributed by atoms with van der Waals surface area (Å²) in [5.74, 6) is 0.106. The summed E-state index contributed by atoms with van der Waals surface area (Å²) in [6.07, 6.45) is 1.61. The maximum atomic E-state index is 14.9. The van der Waals surface area contributed by atoms with Crippen molar-refractivity contribution < 1.29 is 19.0 Å². The summed E-state index contributed by atoms with van der Waals surface area (Å²) < 4.78 is 20.2. The molecule has 5 rings (SSSR count). The van der Waals surface area contributed by atoms with E-state index in [0.717, 1.165) is 12.8 Å². The van der Waals surface area contributed by atoms with Gasteiger partial charge in [0.1, 0.15) is 17.6 Å². The smallest absolute Gasteiger partial charge is 0.414 e. The Balaban J connectivity index is 1.34. The lowest BCUT2D eigenvalue weighted by Crippen LogP contribution is -2.32. The quantitative estimate of drug-likeness (QED) is 0.648. The Morgan fingerprint density at radius 2 is 2.13 bits per heavy atom. The Bertz CT molecular complexity index is 1110. The number of benzene rings is 1. The molecular weight excluding hydrogens is 403 g/mol. The van der Waals surface area contributed by atoms with Crippen LogP contribution in [0.1, 0.15) is 19.8 Å². The normalized spacial score (nSPS) is 19.5. The molecule has 3 aromatic rings. The second kappa shape index (κ2) is 7.69. The highest BCUT2D eigenvalue weighted by Gasteiger charge is 2.43. The molecule has 2 aromatic heterocycles. The van der Waals surface area contributed by atoms with Crippen molar-refractivity contribution in [3.05, 3.63) is 42.3 Å². The summed E-state index contributed by atoms with van der Waals surface area (Å²) >= 11 is 0. The molecule has 1 N–H and O–H groups in total. The second-order valence-electron chi connectivity index (χ2n) is 7.76. The van der Waals surface area contributed by atoms with Crippen molar-refractivity contribution in [3.63, 3.8) is 0 Å². The number of amides is 1. The molecule has 1 saturated carbocycles. The third-order valence-electron chi connectivity index (χ3n) is 5.62. The molecule has 2 unspecified atom stereocenters. The van der Waals surface area contributed by atoms with Crippen LogP contribution in [0, 0.1) is 11.7 Å². The van der Waals surface area contributed by atoms with Gasteiger partial charge in [-0.25, -0.2) is 9.18 Å². The van der Waals surface area contributed by atoms with Gasteiger partial charge in [0.05, 0.1) is 24.9 Å². The monoisotopic (exact) mass is 424 g/mol. The van der Waals surface area contributed by atoms with E-state index in [1.807, 2.05) is 6.92 Å². The van der Waals surface area contributed by atoms with E-state index in [-0.39, 0.29) is 12.5 Å². The summed E-state index contributed by atoms with van der Waals surface area (Å²) in [5.41, 5.74) is 1.87. The molecule has 0 spiro atoms. The molecule has 2 aliphatic rings. The van der Waals surface area contributed by atoms with Crippen molar-refractivity contribution in [1.29, 1.82) is 0 Å². The number of carbonyl (C=O) groups is 1. The van der Waals surface area contributed by atoms with Crippen LogP contribution in [0.5, 0.6) is 0 Å². The van der Waals surface area contributed by atoms with Gasteiger partial charge in [-0.3, -0.25) is 9.88 Å². The number of ether oxygens (including phenoxy) is 1. The summed E-state index contributed by atoms with van der Waals surface area (Å²) in [6, 6.07) is 8.00. The van der Waals surface area contributed by atoms with Crippen LogP contribution in [0.4, 0.5) is 14.9 Å². The molecule has 1 aliphatic carbocycles. The van der Waals surface area contributed by atoms with Crippen molar-refractivity contribution in [2.75, 3.05) is 11.4 Å². The fourth-order valence-electron chi connectivity index (χ4n) is 3.69. The van der Waals surface area contributed by atoms with E-state index < -0.39 is 24.1 Å². The Hall–Kier alpha value is -3.40. The van der Waals surface area contributed by atoms with E-state index >= 15 is 0 Å². The first-order valence-electron chi connectivity index (χ1n) is 10.2. The number of anilines is 1. The van der Waals surface area contributed by atoms with Crippen LogP contribution >= 0.6 is 0 Å². The first-order valence-corrected chi connectivity index (χ1v) is 10.2. The number of hydrogen-bond donors (Lipinski definition) is 1. The number of carbonyl (C=O) groups excluding carboxylic acids is 1. The Labute approximate surface area is 177 Å². The SMILES string of the molecule is CCn1nnc(-c2ccc(-c3ccc(N4CC(C(O)C5CC5)OC4=O)cc3F)cn2)n1. The zero-order valence-electron chi connectivity index (χ0n) is 16.8. The van der Waals surface area contributed by atoms with Gasteiger partial charge in [0.15, 0.2) is 0 Å². The van der Waals surface area contributed by atoms with E-state index in [2.05, 4.69) is 20.4 Å². The van der Waals surface area contributed by atoms with E-state index in [1.54, 1.807) is 30.5 Å². The lowest BCUT2D eigenvalue weighted by Gasteiger charge is -2.16. The van der Waals surface area contributed by atoms with Crippen molar-refractivity contribution in [3.8, 4) is 22.6 Å². The van der Waals surface area contributed by atoms with Gasteiger partial charge in [0.2, 0.25) is 5.82 Å². The largest absolute Gasteiger partial charge is 0.441 e. The average molecular weight is 424 g/mol. The van der Waals surface area contributed by atoms with E-state index in [9.17, 15) is 14.3 Å². The highest BCUT2D eigenvalue weighted by Crippen LogP contribution is 2.37. The molecule has 1 aromatic carbocycles. The Morgan fingerprint density at radius 1 is 1.29 bits per heavy atom. The van der Waals surface area contributed by atoms with Gasteiger partial charge in [-0.05, 0) is 55.2 Å². The van der Waals surface area contributed by atoms with Gasteiger partial charge in [-0.2, -0.15) is 4.80 Å². The molecule has 0 radical (unpaired) electrons. The van der Waals surface area contributed by atoms with Crippen LogP contribution < -0.4 is 4.90 Å². The molecule has 0 bridgehead atoms. The number of hydrogen-bond acceptors (Lipinski definition) is 7. The predicted octanol–water partition coefficient (Wildman–Crippen LogP) is 2.66.